The number of thiophene rings is 1. The number of nitrogens with one attached hydrogen (secondary N) is 1. The molecule has 86 valence electrons. The Bertz CT molecular complexity index is 420. The first kappa shape index (κ1) is 11.8. The fraction of sp³-hybridized carbons (Fsp3) is 0.417. The summed E-state index contributed by atoms with van der Waals surface area (Å²) in [5.74, 6) is 0. The highest BCUT2D eigenvalue weighted by atomic mass is 32.1. The van der Waals surface area contributed by atoms with E-state index in [1.54, 1.807) is 22.7 Å². The normalized spacial score (nSPS) is 12.9. The Morgan fingerprint density at radius 1 is 1.50 bits per heavy atom. The van der Waals surface area contributed by atoms with Gasteiger partial charge >= 0.3 is 0 Å². The molecule has 2 aromatic rings. The van der Waals surface area contributed by atoms with Gasteiger partial charge in [0.25, 0.3) is 0 Å². The molecule has 2 nitrogen and oxygen atoms in total. The van der Waals surface area contributed by atoms with Gasteiger partial charge in [0.2, 0.25) is 0 Å². The zero-order valence-corrected chi connectivity index (χ0v) is 11.2. The number of rotatable bonds is 5. The van der Waals surface area contributed by atoms with E-state index in [1.165, 1.54) is 16.9 Å². The van der Waals surface area contributed by atoms with Crippen molar-refractivity contribution in [2.75, 3.05) is 6.54 Å². The van der Waals surface area contributed by atoms with Crippen LogP contribution >= 0.6 is 22.7 Å². The van der Waals surface area contributed by atoms with Gasteiger partial charge in [-0.15, -0.1) is 11.3 Å². The highest BCUT2D eigenvalue weighted by molar-refractivity contribution is 7.15. The SMILES string of the molecule is CCCNC(C)c1cnc(-c2ccsc2)s1. The van der Waals surface area contributed by atoms with Crippen LogP contribution in [-0.2, 0) is 0 Å². The summed E-state index contributed by atoms with van der Waals surface area (Å²) in [6.07, 6.45) is 3.16. The van der Waals surface area contributed by atoms with Crippen LogP contribution in [0.5, 0.6) is 0 Å². The van der Waals surface area contributed by atoms with E-state index in [9.17, 15) is 0 Å². The fourth-order valence-corrected chi connectivity index (χ4v) is 3.12. The second kappa shape index (κ2) is 5.57. The van der Waals surface area contributed by atoms with Crippen LogP contribution in [0.4, 0.5) is 0 Å². The van der Waals surface area contributed by atoms with Crippen molar-refractivity contribution in [3.63, 3.8) is 0 Å². The third-order valence-corrected chi connectivity index (χ3v) is 4.33. The Labute approximate surface area is 104 Å². The number of aromatic nitrogens is 1. The van der Waals surface area contributed by atoms with Crippen LogP contribution in [0.1, 0.15) is 31.2 Å². The van der Waals surface area contributed by atoms with Gasteiger partial charge < -0.3 is 5.32 Å². The van der Waals surface area contributed by atoms with E-state index in [4.69, 9.17) is 0 Å². The Balaban J connectivity index is 2.07. The average molecular weight is 252 g/mol. The summed E-state index contributed by atoms with van der Waals surface area (Å²) in [5, 5.41) is 8.84. The molecule has 0 saturated carbocycles. The molecule has 0 bridgehead atoms. The second-order valence-electron chi connectivity index (χ2n) is 3.76. The monoisotopic (exact) mass is 252 g/mol. The fourth-order valence-electron chi connectivity index (χ4n) is 1.47. The zero-order valence-electron chi connectivity index (χ0n) is 9.56. The van der Waals surface area contributed by atoms with Crippen LogP contribution in [0, 0.1) is 0 Å². The van der Waals surface area contributed by atoms with Gasteiger partial charge in [-0.2, -0.15) is 11.3 Å². The third-order valence-electron chi connectivity index (χ3n) is 2.42. The summed E-state index contributed by atoms with van der Waals surface area (Å²) in [4.78, 5) is 5.79. The van der Waals surface area contributed by atoms with E-state index in [2.05, 4.69) is 41.0 Å². The van der Waals surface area contributed by atoms with Crippen molar-refractivity contribution >= 4 is 22.7 Å². The van der Waals surface area contributed by atoms with Crippen LogP contribution < -0.4 is 5.32 Å². The van der Waals surface area contributed by atoms with Gasteiger partial charge in [0, 0.05) is 28.1 Å². The largest absolute Gasteiger partial charge is 0.309 e. The topological polar surface area (TPSA) is 24.9 Å². The predicted molar refractivity (Wildman–Crippen MR) is 72.1 cm³/mol. The minimum Gasteiger partial charge on any atom is -0.309 e. The molecule has 0 fully saturated rings. The zero-order chi connectivity index (χ0) is 11.4. The molecule has 0 saturated heterocycles. The molecule has 2 aromatic heterocycles. The molecule has 1 N–H and O–H groups in total. The Hall–Kier alpha value is -0.710. The van der Waals surface area contributed by atoms with Crippen molar-refractivity contribution in [2.45, 2.75) is 26.3 Å². The molecule has 1 unspecified atom stereocenters. The first-order valence-corrected chi connectivity index (χ1v) is 7.29. The molecule has 16 heavy (non-hydrogen) atoms. The summed E-state index contributed by atoms with van der Waals surface area (Å²) in [7, 11) is 0. The van der Waals surface area contributed by atoms with Gasteiger partial charge in [0.1, 0.15) is 5.01 Å². The molecule has 0 aliphatic rings. The van der Waals surface area contributed by atoms with Crippen molar-refractivity contribution in [1.29, 1.82) is 0 Å². The average Bonchev–Trinajstić information content (AvgIpc) is 2.94. The molecule has 1 atom stereocenters. The number of thiazole rings is 1. The Morgan fingerprint density at radius 3 is 3.06 bits per heavy atom. The molecule has 0 aliphatic carbocycles. The van der Waals surface area contributed by atoms with Crippen molar-refractivity contribution in [3.05, 3.63) is 27.9 Å². The van der Waals surface area contributed by atoms with Crippen LogP contribution in [0.3, 0.4) is 0 Å². The third kappa shape index (κ3) is 2.70. The second-order valence-corrected chi connectivity index (χ2v) is 5.60. The molecular weight excluding hydrogens is 236 g/mol. The van der Waals surface area contributed by atoms with Crippen LogP contribution in [0.15, 0.2) is 23.0 Å². The summed E-state index contributed by atoms with van der Waals surface area (Å²) in [6, 6.07) is 2.53. The molecule has 4 heteroatoms. The standard InChI is InChI=1S/C12H16N2S2/c1-3-5-13-9(2)11-7-14-12(16-11)10-4-6-15-8-10/h4,6-9,13H,3,5H2,1-2H3. The van der Waals surface area contributed by atoms with E-state index in [0.29, 0.717) is 6.04 Å². The first-order chi connectivity index (χ1) is 7.81. The van der Waals surface area contributed by atoms with E-state index in [0.717, 1.165) is 11.6 Å². The van der Waals surface area contributed by atoms with Crippen LogP contribution in [-0.4, -0.2) is 11.5 Å². The highest BCUT2D eigenvalue weighted by Crippen LogP contribution is 2.29. The lowest BCUT2D eigenvalue weighted by Crippen LogP contribution is -2.18. The lowest BCUT2D eigenvalue weighted by molar-refractivity contribution is 0.577. The lowest BCUT2D eigenvalue weighted by atomic mass is 10.3. The molecule has 0 aliphatic heterocycles. The van der Waals surface area contributed by atoms with Gasteiger partial charge in [-0.25, -0.2) is 4.98 Å². The maximum Gasteiger partial charge on any atom is 0.124 e. The summed E-state index contributed by atoms with van der Waals surface area (Å²) < 4.78 is 0. The lowest BCUT2D eigenvalue weighted by Gasteiger charge is -2.09. The molecule has 0 radical (unpaired) electrons. The summed E-state index contributed by atoms with van der Waals surface area (Å²) in [6.45, 7) is 5.44. The minimum absolute atomic E-state index is 0.407. The first-order valence-electron chi connectivity index (χ1n) is 5.53. The maximum atomic E-state index is 4.47. The Morgan fingerprint density at radius 2 is 2.38 bits per heavy atom. The summed E-state index contributed by atoms with van der Waals surface area (Å²) >= 11 is 3.50. The van der Waals surface area contributed by atoms with Crippen molar-refractivity contribution in [1.82, 2.24) is 10.3 Å². The predicted octanol–water partition coefficient (Wildman–Crippen LogP) is 3.93. The van der Waals surface area contributed by atoms with Crippen molar-refractivity contribution < 1.29 is 0 Å². The van der Waals surface area contributed by atoms with Crippen molar-refractivity contribution in [2.24, 2.45) is 0 Å². The van der Waals surface area contributed by atoms with Crippen molar-refractivity contribution in [3.8, 4) is 10.6 Å². The molecular formula is C12H16N2S2. The van der Waals surface area contributed by atoms with Gasteiger partial charge in [-0.05, 0) is 31.3 Å². The number of hydrogen-bond donors (Lipinski definition) is 1. The molecule has 0 spiro atoms. The Kier molecular flexibility index (Phi) is 4.09. The maximum absolute atomic E-state index is 4.47. The van der Waals surface area contributed by atoms with Crippen LogP contribution in [0.25, 0.3) is 10.6 Å². The van der Waals surface area contributed by atoms with Gasteiger partial charge in [-0.3, -0.25) is 0 Å². The van der Waals surface area contributed by atoms with E-state index in [1.807, 2.05) is 6.20 Å². The summed E-state index contributed by atoms with van der Waals surface area (Å²) in [5.41, 5.74) is 1.24. The van der Waals surface area contributed by atoms with Gasteiger partial charge in [0.05, 0.1) is 0 Å². The molecule has 0 amide bonds. The van der Waals surface area contributed by atoms with E-state index >= 15 is 0 Å². The van der Waals surface area contributed by atoms with Gasteiger partial charge in [-0.1, -0.05) is 6.92 Å². The van der Waals surface area contributed by atoms with Gasteiger partial charge in [0.15, 0.2) is 0 Å². The molecule has 0 aromatic carbocycles. The smallest absolute Gasteiger partial charge is 0.124 e. The number of nitrogens with zero attached hydrogens (tertiary/aromatic N) is 1. The highest BCUT2D eigenvalue weighted by Gasteiger charge is 2.10. The minimum atomic E-state index is 0.407. The number of hydrogen-bond acceptors (Lipinski definition) is 4. The van der Waals surface area contributed by atoms with E-state index in [-0.39, 0.29) is 0 Å². The molecule has 2 rings (SSSR count). The quantitative estimate of drug-likeness (QED) is 0.872. The van der Waals surface area contributed by atoms with E-state index < -0.39 is 0 Å². The van der Waals surface area contributed by atoms with Crippen LogP contribution in [0.2, 0.25) is 0 Å². The molecule has 2 heterocycles.